The van der Waals surface area contributed by atoms with Gasteiger partial charge in [-0.15, -0.1) is 0 Å². The molecular formula is C19H22N2O2. The molecule has 0 saturated carbocycles. The van der Waals surface area contributed by atoms with E-state index < -0.39 is 0 Å². The molecule has 2 aromatic rings. The van der Waals surface area contributed by atoms with E-state index in [2.05, 4.69) is 17.6 Å². The van der Waals surface area contributed by atoms with Gasteiger partial charge in [-0.3, -0.25) is 9.59 Å². The largest absolute Gasteiger partial charge is 0.352 e. The summed E-state index contributed by atoms with van der Waals surface area (Å²) in [5.41, 5.74) is 2.65. The summed E-state index contributed by atoms with van der Waals surface area (Å²) in [7, 11) is 0. The van der Waals surface area contributed by atoms with Gasteiger partial charge in [0.1, 0.15) is 0 Å². The first-order valence-electron chi connectivity index (χ1n) is 7.91. The van der Waals surface area contributed by atoms with E-state index in [-0.39, 0.29) is 11.8 Å². The monoisotopic (exact) mass is 310 g/mol. The Kier molecular flexibility index (Phi) is 6.36. The zero-order valence-corrected chi connectivity index (χ0v) is 13.3. The number of anilines is 1. The zero-order valence-electron chi connectivity index (χ0n) is 13.3. The second-order valence-corrected chi connectivity index (χ2v) is 5.33. The summed E-state index contributed by atoms with van der Waals surface area (Å²) in [6.45, 7) is 2.56. The summed E-state index contributed by atoms with van der Waals surface area (Å²) < 4.78 is 0. The lowest BCUT2D eigenvalue weighted by Gasteiger charge is -2.07. The average molecular weight is 310 g/mol. The molecule has 0 bridgehead atoms. The lowest BCUT2D eigenvalue weighted by Crippen LogP contribution is -2.25. The van der Waals surface area contributed by atoms with Gasteiger partial charge in [-0.05, 0) is 42.7 Å². The molecule has 2 amide bonds. The minimum absolute atomic E-state index is 0.0350. The predicted octanol–water partition coefficient (Wildman–Crippen LogP) is 3.40. The predicted molar refractivity (Wildman–Crippen MR) is 92.5 cm³/mol. The summed E-state index contributed by atoms with van der Waals surface area (Å²) >= 11 is 0. The molecule has 120 valence electrons. The topological polar surface area (TPSA) is 58.2 Å². The Bertz CT molecular complexity index is 653. The van der Waals surface area contributed by atoms with E-state index in [0.29, 0.717) is 24.9 Å². The minimum Gasteiger partial charge on any atom is -0.352 e. The molecule has 0 aliphatic carbocycles. The number of benzene rings is 2. The van der Waals surface area contributed by atoms with Crippen molar-refractivity contribution in [2.24, 2.45) is 0 Å². The quantitative estimate of drug-likeness (QED) is 0.770. The molecular weight excluding hydrogens is 288 g/mol. The van der Waals surface area contributed by atoms with Crippen molar-refractivity contribution in [3.05, 3.63) is 65.7 Å². The maximum Gasteiger partial charge on any atom is 0.251 e. The van der Waals surface area contributed by atoms with Crippen LogP contribution in [0.2, 0.25) is 0 Å². The number of amides is 2. The summed E-state index contributed by atoms with van der Waals surface area (Å²) in [5, 5.41) is 5.70. The summed E-state index contributed by atoms with van der Waals surface area (Å²) in [6.07, 6.45) is 1.93. The fourth-order valence-electron chi connectivity index (χ4n) is 2.23. The van der Waals surface area contributed by atoms with Gasteiger partial charge in [-0.25, -0.2) is 0 Å². The van der Waals surface area contributed by atoms with E-state index in [4.69, 9.17) is 0 Å². The first-order valence-corrected chi connectivity index (χ1v) is 7.91. The van der Waals surface area contributed by atoms with Crippen molar-refractivity contribution >= 4 is 17.5 Å². The van der Waals surface area contributed by atoms with Crippen LogP contribution in [0.3, 0.4) is 0 Å². The van der Waals surface area contributed by atoms with Crippen molar-refractivity contribution in [2.45, 2.75) is 26.2 Å². The van der Waals surface area contributed by atoms with Gasteiger partial charge < -0.3 is 10.6 Å². The molecule has 0 spiro atoms. The molecule has 0 atom stereocenters. The molecule has 0 aromatic heterocycles. The van der Waals surface area contributed by atoms with Gasteiger partial charge in [-0.2, -0.15) is 0 Å². The molecule has 0 fully saturated rings. The molecule has 0 saturated heterocycles. The van der Waals surface area contributed by atoms with Crippen LogP contribution in [0.15, 0.2) is 54.6 Å². The fourth-order valence-corrected chi connectivity index (χ4v) is 2.23. The highest BCUT2D eigenvalue weighted by molar-refractivity contribution is 5.94. The second kappa shape index (κ2) is 8.73. The molecule has 2 aromatic carbocycles. The number of nitrogens with one attached hydrogen (secondary N) is 2. The Morgan fingerprint density at radius 3 is 2.52 bits per heavy atom. The van der Waals surface area contributed by atoms with E-state index in [1.54, 1.807) is 12.1 Å². The Morgan fingerprint density at radius 1 is 1.00 bits per heavy atom. The van der Waals surface area contributed by atoms with Gasteiger partial charge in [0.2, 0.25) is 5.91 Å². The van der Waals surface area contributed by atoms with E-state index in [1.165, 1.54) is 5.56 Å². The van der Waals surface area contributed by atoms with Crippen molar-refractivity contribution in [2.75, 3.05) is 11.9 Å². The highest BCUT2D eigenvalue weighted by Gasteiger charge is 2.05. The molecule has 2 N–H and O–H groups in total. The highest BCUT2D eigenvalue weighted by atomic mass is 16.2. The van der Waals surface area contributed by atoms with Crippen LogP contribution in [-0.2, 0) is 11.2 Å². The van der Waals surface area contributed by atoms with Gasteiger partial charge in [0.05, 0.1) is 0 Å². The first-order chi connectivity index (χ1) is 11.2. The first kappa shape index (κ1) is 16.7. The SMILES string of the molecule is CCc1cccc(NC(=O)CCCNC(=O)c2ccccc2)c1. The van der Waals surface area contributed by atoms with Crippen LogP contribution in [0.1, 0.15) is 35.7 Å². The highest BCUT2D eigenvalue weighted by Crippen LogP contribution is 2.11. The number of hydrogen-bond acceptors (Lipinski definition) is 2. The molecule has 23 heavy (non-hydrogen) atoms. The Morgan fingerprint density at radius 2 is 1.78 bits per heavy atom. The molecule has 0 aliphatic heterocycles. The smallest absolute Gasteiger partial charge is 0.251 e. The van der Waals surface area contributed by atoms with Gasteiger partial charge in [0, 0.05) is 24.2 Å². The number of carbonyl (C=O) groups excluding carboxylic acids is 2. The number of rotatable bonds is 7. The second-order valence-electron chi connectivity index (χ2n) is 5.33. The molecule has 0 unspecified atom stereocenters. The van der Waals surface area contributed by atoms with Gasteiger partial charge in [-0.1, -0.05) is 37.3 Å². The summed E-state index contributed by atoms with van der Waals surface area (Å²) in [4.78, 5) is 23.7. The zero-order chi connectivity index (χ0) is 16.5. The third-order valence-electron chi connectivity index (χ3n) is 3.52. The normalized spacial score (nSPS) is 10.1. The Balaban J connectivity index is 1.69. The standard InChI is InChI=1S/C19H22N2O2/c1-2-15-8-6-11-17(14-15)21-18(22)12-7-13-20-19(23)16-9-4-3-5-10-16/h3-6,8-11,14H,2,7,12-13H2,1H3,(H,20,23)(H,21,22). The molecule has 0 heterocycles. The van der Waals surface area contributed by atoms with Gasteiger partial charge in [0.15, 0.2) is 0 Å². The van der Waals surface area contributed by atoms with Crippen molar-refractivity contribution in [1.29, 1.82) is 0 Å². The third-order valence-corrected chi connectivity index (χ3v) is 3.52. The average Bonchev–Trinajstić information content (AvgIpc) is 2.59. The minimum atomic E-state index is -0.110. The van der Waals surface area contributed by atoms with E-state index in [1.807, 2.05) is 42.5 Å². The summed E-state index contributed by atoms with van der Waals surface area (Å²) in [5.74, 6) is -0.145. The summed E-state index contributed by atoms with van der Waals surface area (Å²) in [6, 6.07) is 16.9. The van der Waals surface area contributed by atoms with Crippen molar-refractivity contribution in [3.8, 4) is 0 Å². The van der Waals surface area contributed by atoms with Gasteiger partial charge in [0.25, 0.3) is 5.91 Å². The van der Waals surface area contributed by atoms with E-state index in [0.717, 1.165) is 12.1 Å². The maximum absolute atomic E-state index is 11.9. The lowest BCUT2D eigenvalue weighted by atomic mass is 10.1. The van der Waals surface area contributed by atoms with E-state index in [9.17, 15) is 9.59 Å². The van der Waals surface area contributed by atoms with Crippen LogP contribution < -0.4 is 10.6 Å². The van der Waals surface area contributed by atoms with Crippen molar-refractivity contribution in [3.63, 3.8) is 0 Å². The third kappa shape index (κ3) is 5.58. The molecule has 0 aliphatic rings. The molecule has 4 nitrogen and oxygen atoms in total. The van der Waals surface area contributed by atoms with Gasteiger partial charge >= 0.3 is 0 Å². The van der Waals surface area contributed by atoms with Crippen LogP contribution in [0, 0.1) is 0 Å². The van der Waals surface area contributed by atoms with Crippen LogP contribution >= 0.6 is 0 Å². The van der Waals surface area contributed by atoms with Crippen molar-refractivity contribution < 1.29 is 9.59 Å². The Hall–Kier alpha value is -2.62. The van der Waals surface area contributed by atoms with Crippen LogP contribution in [-0.4, -0.2) is 18.4 Å². The van der Waals surface area contributed by atoms with Crippen LogP contribution in [0.25, 0.3) is 0 Å². The Labute approximate surface area is 136 Å². The molecule has 2 rings (SSSR count). The lowest BCUT2D eigenvalue weighted by molar-refractivity contribution is -0.116. The maximum atomic E-state index is 11.9. The van der Waals surface area contributed by atoms with Crippen LogP contribution in [0.4, 0.5) is 5.69 Å². The number of aryl methyl sites for hydroxylation is 1. The van der Waals surface area contributed by atoms with Crippen LogP contribution in [0.5, 0.6) is 0 Å². The van der Waals surface area contributed by atoms with E-state index >= 15 is 0 Å². The fraction of sp³-hybridized carbons (Fsp3) is 0.263. The van der Waals surface area contributed by atoms with Crippen molar-refractivity contribution in [1.82, 2.24) is 5.32 Å². The number of carbonyl (C=O) groups is 2. The molecule has 4 heteroatoms. The molecule has 0 radical (unpaired) electrons. The number of hydrogen-bond donors (Lipinski definition) is 2.